The monoisotopic (exact) mass is 400 g/mol. The van der Waals surface area contributed by atoms with Crippen molar-refractivity contribution >= 4 is 17.5 Å². The summed E-state index contributed by atoms with van der Waals surface area (Å²) in [5.74, 6) is -0.00572. The zero-order chi connectivity index (χ0) is 19.9. The second-order valence-corrected chi connectivity index (χ2v) is 6.74. The molecular weight excluding hydrogens is 381 g/mol. The van der Waals surface area contributed by atoms with Crippen LogP contribution in [-0.4, -0.2) is 18.7 Å². The number of hydrogen-bond acceptors (Lipinski definition) is 3. The molecule has 0 atom stereocenters. The Morgan fingerprint density at radius 2 is 1.96 bits per heavy atom. The third-order valence-electron chi connectivity index (χ3n) is 4.19. The van der Waals surface area contributed by atoms with Crippen LogP contribution in [0.2, 0.25) is 0 Å². The van der Waals surface area contributed by atoms with Crippen molar-refractivity contribution in [3.8, 4) is 11.8 Å². The smallest absolute Gasteiger partial charge is 0.389 e. The molecule has 8 heteroatoms. The largest absolute Gasteiger partial charge is 0.494 e. The Morgan fingerprint density at radius 1 is 1.22 bits per heavy atom. The lowest BCUT2D eigenvalue weighted by Gasteiger charge is -2.13. The van der Waals surface area contributed by atoms with Crippen LogP contribution in [0.25, 0.3) is 0 Å². The van der Waals surface area contributed by atoms with Crippen molar-refractivity contribution in [1.82, 2.24) is 5.32 Å². The molecule has 27 heavy (non-hydrogen) atoms. The van der Waals surface area contributed by atoms with E-state index < -0.39 is 18.5 Å². The van der Waals surface area contributed by atoms with E-state index in [0.717, 1.165) is 24.0 Å². The second-order valence-electron chi connectivity index (χ2n) is 6.28. The van der Waals surface area contributed by atoms with Gasteiger partial charge in [-0.15, -0.1) is 0 Å². The highest BCUT2D eigenvalue weighted by Gasteiger charge is 2.26. The fourth-order valence-corrected chi connectivity index (χ4v) is 3.04. The Labute approximate surface area is 160 Å². The number of nitriles is 1. The number of allylic oxidation sites excluding steroid dienone is 1. The highest BCUT2D eigenvalue weighted by molar-refractivity contribution is 6.32. The van der Waals surface area contributed by atoms with Gasteiger partial charge in [0.15, 0.2) is 0 Å². The summed E-state index contributed by atoms with van der Waals surface area (Å²) in [6.07, 6.45) is -2.48. The number of rotatable bonds is 4. The molecule has 1 aliphatic rings. The van der Waals surface area contributed by atoms with Crippen LogP contribution < -0.4 is 10.1 Å². The van der Waals surface area contributed by atoms with Gasteiger partial charge in [0.25, 0.3) is 5.91 Å². The molecule has 1 aliphatic heterocycles. The van der Waals surface area contributed by atoms with Gasteiger partial charge in [-0.3, -0.25) is 4.79 Å². The third-order valence-corrected chi connectivity index (χ3v) is 4.57. The van der Waals surface area contributed by atoms with Gasteiger partial charge in [-0.2, -0.15) is 18.4 Å². The van der Waals surface area contributed by atoms with Crippen LogP contribution in [0.1, 0.15) is 43.2 Å². The van der Waals surface area contributed by atoms with Gasteiger partial charge < -0.3 is 10.1 Å². The fourth-order valence-electron chi connectivity index (χ4n) is 2.78. The number of carbonyl (C=O) groups is 1. The van der Waals surface area contributed by atoms with E-state index in [1.54, 1.807) is 18.2 Å². The molecular formula is C19H20ClF3N2O2. The normalized spacial score (nSPS) is 18.7. The van der Waals surface area contributed by atoms with E-state index >= 15 is 0 Å². The molecule has 0 fully saturated rings. The number of aryl methyl sites for hydroxylation is 1. The summed E-state index contributed by atoms with van der Waals surface area (Å²) in [5.41, 5.74) is 1.77. The Bertz CT molecular complexity index is 754. The highest BCUT2D eigenvalue weighted by atomic mass is 35.5. The number of amides is 1. The summed E-state index contributed by atoms with van der Waals surface area (Å²) in [7, 11) is 0. The number of fused-ring (bicyclic) bond motifs is 1. The van der Waals surface area contributed by atoms with Crippen molar-refractivity contribution in [2.24, 2.45) is 0 Å². The molecule has 0 radical (unpaired) electrons. The maximum atomic E-state index is 12.2. The molecule has 4 nitrogen and oxygen atoms in total. The van der Waals surface area contributed by atoms with Crippen LogP contribution in [0.3, 0.4) is 0 Å². The van der Waals surface area contributed by atoms with Gasteiger partial charge in [-0.25, -0.2) is 0 Å². The van der Waals surface area contributed by atoms with Crippen molar-refractivity contribution in [1.29, 1.82) is 5.26 Å². The molecule has 146 valence electrons. The maximum absolute atomic E-state index is 12.2. The lowest BCUT2D eigenvalue weighted by atomic mass is 10.0. The number of ether oxygens (including phenoxy) is 1. The molecule has 0 spiro atoms. The second kappa shape index (κ2) is 9.65. The molecule has 1 aromatic carbocycles. The average molecular weight is 401 g/mol. The van der Waals surface area contributed by atoms with E-state index in [4.69, 9.17) is 21.6 Å². The van der Waals surface area contributed by atoms with Gasteiger partial charge in [0.05, 0.1) is 6.61 Å². The Balaban J connectivity index is 2.06. The van der Waals surface area contributed by atoms with E-state index in [-0.39, 0.29) is 30.2 Å². The molecule has 0 aromatic heterocycles. The first-order chi connectivity index (χ1) is 12.8. The molecule has 0 bridgehead atoms. The van der Waals surface area contributed by atoms with Crippen LogP contribution in [0, 0.1) is 11.3 Å². The zero-order valence-corrected chi connectivity index (χ0v) is 15.4. The molecule has 1 amide bonds. The number of alkyl halides is 3. The summed E-state index contributed by atoms with van der Waals surface area (Å²) in [6, 6.07) is 7.10. The van der Waals surface area contributed by atoms with Crippen molar-refractivity contribution in [3.05, 3.63) is 39.9 Å². The van der Waals surface area contributed by atoms with Crippen LogP contribution >= 0.6 is 11.6 Å². The van der Waals surface area contributed by atoms with Crippen molar-refractivity contribution in [2.75, 3.05) is 6.61 Å². The molecule has 0 saturated carbocycles. The van der Waals surface area contributed by atoms with Crippen LogP contribution in [0.4, 0.5) is 13.2 Å². The molecule has 0 saturated heterocycles. The van der Waals surface area contributed by atoms with E-state index in [1.165, 1.54) is 0 Å². The molecule has 0 aliphatic carbocycles. The van der Waals surface area contributed by atoms with Crippen LogP contribution in [-0.2, 0) is 17.8 Å². The highest BCUT2D eigenvalue weighted by Crippen LogP contribution is 2.25. The average Bonchev–Trinajstić information content (AvgIpc) is 2.63. The quantitative estimate of drug-likeness (QED) is 0.741. The number of nitrogens with zero attached hydrogens (tertiary/aromatic N) is 1. The summed E-state index contributed by atoms with van der Waals surface area (Å²) >= 11 is 6.07. The third kappa shape index (κ3) is 6.79. The topological polar surface area (TPSA) is 62.1 Å². The first kappa shape index (κ1) is 21.1. The van der Waals surface area contributed by atoms with Crippen molar-refractivity contribution in [3.63, 3.8) is 0 Å². The number of benzene rings is 1. The first-order valence-electron chi connectivity index (χ1n) is 8.68. The minimum atomic E-state index is -4.18. The Kier molecular flexibility index (Phi) is 7.55. The van der Waals surface area contributed by atoms with Gasteiger partial charge in [-0.1, -0.05) is 17.7 Å². The number of nitrogens with one attached hydrogen (secondary N) is 1. The van der Waals surface area contributed by atoms with E-state index in [2.05, 4.69) is 5.32 Å². The van der Waals surface area contributed by atoms with Gasteiger partial charge >= 0.3 is 6.18 Å². The lowest BCUT2D eigenvalue weighted by Crippen LogP contribution is -2.25. The van der Waals surface area contributed by atoms with Gasteiger partial charge in [0.1, 0.15) is 17.4 Å². The first-order valence-corrected chi connectivity index (χ1v) is 9.06. The number of hydrogen-bond donors (Lipinski definition) is 1. The van der Waals surface area contributed by atoms with Gasteiger partial charge in [0, 0.05) is 18.0 Å². The predicted molar refractivity (Wildman–Crippen MR) is 95.1 cm³/mol. The minimum Gasteiger partial charge on any atom is -0.494 e. The molecule has 0 unspecified atom stereocenters. The predicted octanol–water partition coefficient (Wildman–Crippen LogP) is 4.77. The fraction of sp³-hybridized carbons (Fsp3) is 0.474. The summed E-state index contributed by atoms with van der Waals surface area (Å²) < 4.78 is 42.0. The summed E-state index contributed by atoms with van der Waals surface area (Å²) in [5, 5.41) is 12.1. The van der Waals surface area contributed by atoms with Crippen molar-refractivity contribution < 1.29 is 22.7 Å². The number of halogens is 4. The SMILES string of the molecule is N#C/C1=C(\Cl)CCCCc2cc(OCCCC(F)(F)F)ccc2CNC1=O. The Morgan fingerprint density at radius 3 is 2.67 bits per heavy atom. The van der Waals surface area contributed by atoms with Gasteiger partial charge in [-0.05, 0) is 55.4 Å². The molecule has 2 rings (SSSR count). The van der Waals surface area contributed by atoms with Crippen LogP contribution in [0.5, 0.6) is 5.75 Å². The zero-order valence-electron chi connectivity index (χ0n) is 14.7. The van der Waals surface area contributed by atoms with Crippen LogP contribution in [0.15, 0.2) is 28.8 Å². The van der Waals surface area contributed by atoms with Crippen molar-refractivity contribution in [2.45, 2.75) is 51.2 Å². The molecule has 1 N–H and O–H groups in total. The molecule has 1 heterocycles. The van der Waals surface area contributed by atoms with E-state index in [0.29, 0.717) is 18.6 Å². The standard InChI is InChI=1S/C19H20ClF3N2O2/c20-17-5-2-1-4-13-10-15(27-9-3-8-19(21,22)23)7-6-14(13)12-25-18(26)16(17)11-24/h6-7,10H,1-5,8-9,12H2,(H,25,26)/b17-16+. The Hall–Kier alpha value is -2.20. The lowest BCUT2D eigenvalue weighted by molar-refractivity contribution is -0.136. The summed E-state index contributed by atoms with van der Waals surface area (Å²) in [6.45, 7) is 0.220. The minimum absolute atomic E-state index is 0.0138. The van der Waals surface area contributed by atoms with Gasteiger partial charge in [0.2, 0.25) is 0 Å². The number of carbonyl (C=O) groups excluding carboxylic acids is 1. The van der Waals surface area contributed by atoms with E-state index in [9.17, 15) is 18.0 Å². The van der Waals surface area contributed by atoms with E-state index in [1.807, 2.05) is 6.07 Å². The summed E-state index contributed by atoms with van der Waals surface area (Å²) in [4.78, 5) is 12.1. The molecule has 1 aromatic rings. The maximum Gasteiger partial charge on any atom is 0.389 e.